The fourth-order valence-corrected chi connectivity index (χ4v) is 1.32. The van der Waals surface area contributed by atoms with E-state index in [2.05, 4.69) is 9.97 Å². The lowest BCUT2D eigenvalue weighted by Gasteiger charge is -2.03. The van der Waals surface area contributed by atoms with Gasteiger partial charge >= 0.3 is 0 Å². The summed E-state index contributed by atoms with van der Waals surface area (Å²) in [4.78, 5) is 7.09. The van der Waals surface area contributed by atoms with Gasteiger partial charge in [0.25, 0.3) is 0 Å². The molecule has 0 aliphatic rings. The van der Waals surface area contributed by atoms with E-state index >= 15 is 0 Å². The van der Waals surface area contributed by atoms with Crippen molar-refractivity contribution in [1.82, 2.24) is 9.97 Å². The first kappa shape index (κ1) is 9.98. The first-order valence-electron chi connectivity index (χ1n) is 4.11. The highest BCUT2D eigenvalue weighted by Gasteiger charge is 2.12. The van der Waals surface area contributed by atoms with Gasteiger partial charge in [-0.1, -0.05) is 12.1 Å². The number of rotatable bonds is 1. The van der Waals surface area contributed by atoms with Gasteiger partial charge in [-0.2, -0.15) is 0 Å². The summed E-state index contributed by atoms with van der Waals surface area (Å²) in [5.41, 5.74) is -0.0626. The van der Waals surface area contributed by atoms with Crippen LogP contribution in [0.4, 0.5) is 8.78 Å². The van der Waals surface area contributed by atoms with Crippen molar-refractivity contribution < 1.29 is 8.78 Å². The molecule has 0 aliphatic heterocycles. The maximum absolute atomic E-state index is 13.3. The lowest BCUT2D eigenvalue weighted by molar-refractivity contribution is 0.606. The van der Waals surface area contributed by atoms with Crippen LogP contribution in [0.5, 0.6) is 0 Å². The summed E-state index contributed by atoms with van der Waals surface area (Å²) in [6, 6.07) is 5.76. The highest BCUT2D eigenvalue weighted by Crippen LogP contribution is 2.23. The Kier molecular flexibility index (Phi) is 2.60. The predicted molar refractivity (Wildman–Crippen MR) is 52.4 cm³/mol. The molecule has 0 saturated carbocycles. The van der Waals surface area contributed by atoms with Crippen LogP contribution in [0.25, 0.3) is 11.3 Å². The second-order valence-corrected chi connectivity index (χ2v) is 3.15. The minimum Gasteiger partial charge on any atom is -0.223 e. The van der Waals surface area contributed by atoms with E-state index in [4.69, 9.17) is 11.6 Å². The van der Waals surface area contributed by atoms with Crippen molar-refractivity contribution in [2.24, 2.45) is 0 Å². The average Bonchev–Trinajstić information content (AvgIpc) is 2.23. The molecule has 1 aromatic carbocycles. The molecule has 0 bridgehead atoms. The van der Waals surface area contributed by atoms with Crippen LogP contribution < -0.4 is 0 Å². The van der Waals surface area contributed by atoms with Crippen molar-refractivity contribution >= 4 is 11.6 Å². The van der Waals surface area contributed by atoms with Crippen LogP contribution in [0.3, 0.4) is 0 Å². The molecule has 0 fully saturated rings. The van der Waals surface area contributed by atoms with E-state index in [1.807, 2.05) is 0 Å². The summed E-state index contributed by atoms with van der Waals surface area (Å²) in [5, 5.41) is -0.116. The quantitative estimate of drug-likeness (QED) is 0.699. The Bertz CT molecular complexity index is 503. The molecule has 2 aromatic rings. The average molecular weight is 227 g/mol. The van der Waals surface area contributed by atoms with Crippen LogP contribution in [0.15, 0.2) is 30.5 Å². The fourth-order valence-electron chi connectivity index (χ4n) is 1.19. The van der Waals surface area contributed by atoms with Crippen molar-refractivity contribution in [3.05, 3.63) is 47.4 Å². The number of aromatic nitrogens is 2. The lowest BCUT2D eigenvalue weighted by atomic mass is 10.1. The molecule has 0 N–H and O–H groups in total. The molecule has 1 heterocycles. The van der Waals surface area contributed by atoms with Gasteiger partial charge in [-0.25, -0.2) is 18.7 Å². The van der Waals surface area contributed by atoms with Gasteiger partial charge in [-0.15, -0.1) is 0 Å². The normalized spacial score (nSPS) is 10.3. The number of benzene rings is 1. The zero-order valence-corrected chi connectivity index (χ0v) is 8.17. The predicted octanol–water partition coefficient (Wildman–Crippen LogP) is 3.08. The molecular weight excluding hydrogens is 222 g/mol. The molecule has 0 amide bonds. The standard InChI is InChI=1S/C10H5ClF2N2/c11-10-14-5-8(13)9(15-10)6-3-1-2-4-7(6)12/h1-5H. The van der Waals surface area contributed by atoms with Gasteiger partial charge in [0.05, 0.1) is 6.20 Å². The number of hydrogen-bond donors (Lipinski definition) is 0. The van der Waals surface area contributed by atoms with Crippen molar-refractivity contribution in [3.63, 3.8) is 0 Å². The van der Waals surface area contributed by atoms with Gasteiger partial charge in [-0.05, 0) is 23.7 Å². The van der Waals surface area contributed by atoms with Gasteiger partial charge in [0.1, 0.15) is 11.5 Å². The Labute approximate surface area is 89.6 Å². The van der Waals surface area contributed by atoms with E-state index in [9.17, 15) is 8.78 Å². The van der Waals surface area contributed by atoms with Crippen LogP contribution in [0.1, 0.15) is 0 Å². The second kappa shape index (κ2) is 3.90. The molecule has 15 heavy (non-hydrogen) atoms. The van der Waals surface area contributed by atoms with Crippen molar-refractivity contribution in [2.75, 3.05) is 0 Å². The molecule has 5 heteroatoms. The molecule has 0 spiro atoms. The lowest BCUT2D eigenvalue weighted by Crippen LogP contribution is -1.94. The van der Waals surface area contributed by atoms with E-state index in [1.165, 1.54) is 18.2 Å². The maximum atomic E-state index is 13.3. The monoisotopic (exact) mass is 226 g/mol. The summed E-state index contributed by atoms with van der Waals surface area (Å²) >= 11 is 5.51. The molecule has 2 rings (SSSR count). The van der Waals surface area contributed by atoms with E-state index in [0.29, 0.717) is 0 Å². The zero-order valence-electron chi connectivity index (χ0n) is 7.42. The number of nitrogens with zero attached hydrogens (tertiary/aromatic N) is 2. The van der Waals surface area contributed by atoms with E-state index in [0.717, 1.165) is 6.20 Å². The molecular formula is C10H5ClF2N2. The van der Waals surface area contributed by atoms with Crippen LogP contribution in [-0.2, 0) is 0 Å². The third-order valence-corrected chi connectivity index (χ3v) is 2.03. The summed E-state index contributed by atoms with van der Waals surface area (Å²) in [6.07, 6.45) is 0.914. The third-order valence-electron chi connectivity index (χ3n) is 1.84. The summed E-state index contributed by atoms with van der Waals surface area (Å²) in [6.45, 7) is 0. The number of halogens is 3. The van der Waals surface area contributed by atoms with Crippen LogP contribution in [0.2, 0.25) is 5.28 Å². The van der Waals surface area contributed by atoms with Crippen molar-refractivity contribution in [3.8, 4) is 11.3 Å². The largest absolute Gasteiger partial charge is 0.223 e. The van der Waals surface area contributed by atoms with Gasteiger partial charge in [-0.3, -0.25) is 0 Å². The minimum absolute atomic E-state index is 0.0688. The Balaban J connectivity index is 2.64. The first-order valence-corrected chi connectivity index (χ1v) is 4.49. The molecule has 1 aromatic heterocycles. The van der Waals surface area contributed by atoms with Crippen molar-refractivity contribution in [1.29, 1.82) is 0 Å². The molecule has 0 aliphatic carbocycles. The summed E-state index contributed by atoms with van der Waals surface area (Å²) < 4.78 is 26.6. The van der Waals surface area contributed by atoms with Gasteiger partial charge < -0.3 is 0 Å². The topological polar surface area (TPSA) is 25.8 Å². The van der Waals surface area contributed by atoms with E-state index < -0.39 is 11.6 Å². The number of hydrogen-bond acceptors (Lipinski definition) is 2. The summed E-state index contributed by atoms with van der Waals surface area (Å²) in [7, 11) is 0. The highest BCUT2D eigenvalue weighted by atomic mass is 35.5. The SMILES string of the molecule is Fc1ccccc1-c1nc(Cl)ncc1F. The van der Waals surface area contributed by atoms with Crippen molar-refractivity contribution in [2.45, 2.75) is 0 Å². The summed E-state index contributed by atoms with van der Waals surface area (Å²) in [5.74, 6) is -1.25. The highest BCUT2D eigenvalue weighted by molar-refractivity contribution is 6.28. The smallest absolute Gasteiger partial charge is 0.223 e. The molecule has 0 radical (unpaired) electrons. The second-order valence-electron chi connectivity index (χ2n) is 2.82. The van der Waals surface area contributed by atoms with E-state index in [1.54, 1.807) is 6.07 Å². The Morgan fingerprint density at radius 1 is 1.07 bits per heavy atom. The minimum atomic E-state index is -0.704. The Hall–Kier alpha value is -1.55. The van der Waals surface area contributed by atoms with Crippen LogP contribution in [0, 0.1) is 11.6 Å². The molecule has 0 saturated heterocycles. The van der Waals surface area contributed by atoms with Gasteiger partial charge in [0.2, 0.25) is 5.28 Å². The third kappa shape index (κ3) is 1.94. The zero-order chi connectivity index (χ0) is 10.8. The fraction of sp³-hybridized carbons (Fsp3) is 0. The molecule has 76 valence electrons. The van der Waals surface area contributed by atoms with E-state index in [-0.39, 0.29) is 16.5 Å². The Morgan fingerprint density at radius 3 is 2.53 bits per heavy atom. The molecule has 2 nitrogen and oxygen atoms in total. The van der Waals surface area contributed by atoms with Crippen LogP contribution in [-0.4, -0.2) is 9.97 Å². The maximum Gasteiger partial charge on any atom is 0.223 e. The Morgan fingerprint density at radius 2 is 1.80 bits per heavy atom. The van der Waals surface area contributed by atoms with Gasteiger partial charge in [0, 0.05) is 5.56 Å². The van der Waals surface area contributed by atoms with Crippen LogP contribution >= 0.6 is 11.6 Å². The molecule has 0 atom stereocenters. The van der Waals surface area contributed by atoms with Gasteiger partial charge in [0.15, 0.2) is 5.82 Å². The first-order chi connectivity index (χ1) is 7.18. The molecule has 0 unspecified atom stereocenters.